The van der Waals surface area contributed by atoms with E-state index in [1.54, 1.807) is 11.8 Å². The van der Waals surface area contributed by atoms with E-state index in [1.807, 2.05) is 0 Å². The summed E-state index contributed by atoms with van der Waals surface area (Å²) >= 11 is 1.79. The number of rotatable bonds is 4. The average Bonchev–Trinajstić information content (AvgIpc) is 1.83. The zero-order valence-electron chi connectivity index (χ0n) is 5.26. The van der Waals surface area contributed by atoms with Crippen molar-refractivity contribution in [2.45, 2.75) is 12.5 Å². The molecule has 3 heteroatoms. The summed E-state index contributed by atoms with van der Waals surface area (Å²) in [5, 5.41) is 8.49. The van der Waals surface area contributed by atoms with Crippen LogP contribution in [0.1, 0.15) is 6.42 Å². The highest BCUT2D eigenvalue weighted by atomic mass is 32.2. The molecule has 0 aliphatic carbocycles. The van der Waals surface area contributed by atoms with Crippen molar-refractivity contribution in [2.24, 2.45) is 0 Å². The van der Waals surface area contributed by atoms with Crippen molar-refractivity contribution >= 4 is 11.8 Å². The van der Waals surface area contributed by atoms with Gasteiger partial charge in [-0.15, -0.1) is 0 Å². The number of hydrogen-bond acceptors (Lipinski definition) is 2. The summed E-state index contributed by atoms with van der Waals surface area (Å²) in [5.41, 5.74) is 3.73. The molecule has 0 heterocycles. The van der Waals surface area contributed by atoms with E-state index in [0.717, 1.165) is 12.2 Å². The number of aliphatic hydroxyl groups excluding tert-OH is 1. The van der Waals surface area contributed by atoms with Crippen LogP contribution in [0.2, 0.25) is 0 Å². The maximum absolute atomic E-state index is 8.49. The number of thioether (sulfide) groups is 1. The molecule has 0 spiro atoms. The molecule has 0 saturated carbocycles. The summed E-state index contributed by atoms with van der Waals surface area (Å²) in [6.45, 7) is 0.223. The highest BCUT2D eigenvalue weighted by Gasteiger charge is 2.00. The first kappa shape index (κ1) is 8.27. The van der Waals surface area contributed by atoms with Gasteiger partial charge in [-0.1, -0.05) is 0 Å². The standard InChI is InChI=1S/C5H13NOS/c1-8-3-2-5(6)4-7/h5,7H,2-4,6H2,1H3/p+1/t5-/m1/s1. The van der Waals surface area contributed by atoms with E-state index >= 15 is 0 Å². The fourth-order valence-corrected chi connectivity index (χ4v) is 0.945. The van der Waals surface area contributed by atoms with E-state index in [9.17, 15) is 0 Å². The summed E-state index contributed by atoms with van der Waals surface area (Å²) < 4.78 is 0. The first-order valence-corrected chi connectivity index (χ1v) is 4.13. The van der Waals surface area contributed by atoms with E-state index in [1.165, 1.54) is 0 Å². The Labute approximate surface area is 54.5 Å². The third-order valence-corrected chi connectivity index (χ3v) is 1.63. The van der Waals surface area contributed by atoms with Gasteiger partial charge in [-0.3, -0.25) is 0 Å². The van der Waals surface area contributed by atoms with Crippen LogP contribution < -0.4 is 5.73 Å². The minimum Gasteiger partial charge on any atom is -0.390 e. The largest absolute Gasteiger partial charge is 0.390 e. The van der Waals surface area contributed by atoms with Crippen molar-refractivity contribution in [1.29, 1.82) is 0 Å². The summed E-state index contributed by atoms with van der Waals surface area (Å²) in [6, 6.07) is 0.238. The van der Waals surface area contributed by atoms with E-state index in [4.69, 9.17) is 5.11 Å². The van der Waals surface area contributed by atoms with Gasteiger partial charge in [-0.2, -0.15) is 11.8 Å². The second-order valence-corrected chi connectivity index (χ2v) is 2.82. The molecule has 0 rings (SSSR count). The van der Waals surface area contributed by atoms with Crippen molar-refractivity contribution in [3.05, 3.63) is 0 Å². The fraction of sp³-hybridized carbons (Fsp3) is 1.00. The van der Waals surface area contributed by atoms with Gasteiger partial charge in [-0.25, -0.2) is 0 Å². The molecule has 2 nitrogen and oxygen atoms in total. The zero-order chi connectivity index (χ0) is 6.41. The molecular formula is C5H14NOS+. The molecule has 0 bridgehead atoms. The van der Waals surface area contributed by atoms with E-state index in [0.29, 0.717) is 0 Å². The highest BCUT2D eigenvalue weighted by molar-refractivity contribution is 7.98. The van der Waals surface area contributed by atoms with E-state index < -0.39 is 0 Å². The summed E-state index contributed by atoms with van der Waals surface area (Å²) in [6.07, 6.45) is 3.09. The average molecular weight is 136 g/mol. The lowest BCUT2D eigenvalue weighted by atomic mass is 10.3. The third-order valence-electron chi connectivity index (χ3n) is 0.988. The number of hydrogen-bond donors (Lipinski definition) is 2. The van der Waals surface area contributed by atoms with Crippen LogP contribution in [0.3, 0.4) is 0 Å². The van der Waals surface area contributed by atoms with Gasteiger partial charge >= 0.3 is 0 Å². The summed E-state index contributed by atoms with van der Waals surface area (Å²) in [4.78, 5) is 0. The lowest BCUT2D eigenvalue weighted by Crippen LogP contribution is -2.62. The summed E-state index contributed by atoms with van der Waals surface area (Å²) in [5.74, 6) is 1.11. The van der Waals surface area contributed by atoms with Crippen LogP contribution in [-0.2, 0) is 0 Å². The topological polar surface area (TPSA) is 47.9 Å². The molecule has 50 valence electrons. The minimum atomic E-state index is 0.223. The molecule has 0 unspecified atom stereocenters. The molecule has 0 aromatic carbocycles. The van der Waals surface area contributed by atoms with Gasteiger partial charge in [0.25, 0.3) is 0 Å². The first-order chi connectivity index (χ1) is 3.81. The smallest absolute Gasteiger partial charge is 0.109 e. The van der Waals surface area contributed by atoms with Crippen LogP contribution in [0.4, 0.5) is 0 Å². The zero-order valence-corrected chi connectivity index (χ0v) is 6.08. The fourth-order valence-electron chi connectivity index (χ4n) is 0.376. The molecule has 8 heavy (non-hydrogen) atoms. The van der Waals surface area contributed by atoms with Crippen molar-refractivity contribution in [1.82, 2.24) is 0 Å². The molecule has 0 fully saturated rings. The molecule has 0 aromatic heterocycles. The van der Waals surface area contributed by atoms with Gasteiger partial charge < -0.3 is 10.8 Å². The molecule has 0 amide bonds. The molecule has 0 saturated heterocycles. The monoisotopic (exact) mass is 136 g/mol. The van der Waals surface area contributed by atoms with Crippen molar-refractivity contribution in [3.8, 4) is 0 Å². The minimum absolute atomic E-state index is 0.223. The Morgan fingerprint density at radius 3 is 2.75 bits per heavy atom. The van der Waals surface area contributed by atoms with Crippen LogP contribution in [0.25, 0.3) is 0 Å². The van der Waals surface area contributed by atoms with Gasteiger partial charge in [0.15, 0.2) is 0 Å². The van der Waals surface area contributed by atoms with Crippen molar-refractivity contribution in [2.75, 3.05) is 18.6 Å². The SMILES string of the molecule is CSCC[C@@H]([NH3+])CO. The first-order valence-electron chi connectivity index (χ1n) is 2.74. The van der Waals surface area contributed by atoms with Gasteiger partial charge in [-0.05, 0) is 12.0 Å². The van der Waals surface area contributed by atoms with Gasteiger partial charge in [0.1, 0.15) is 6.04 Å². The van der Waals surface area contributed by atoms with Gasteiger partial charge in [0.05, 0.1) is 6.61 Å². The van der Waals surface area contributed by atoms with Crippen LogP contribution in [-0.4, -0.2) is 29.8 Å². The van der Waals surface area contributed by atoms with Crippen molar-refractivity contribution in [3.63, 3.8) is 0 Å². The number of quaternary nitrogens is 1. The predicted molar refractivity (Wildman–Crippen MR) is 36.8 cm³/mol. The quantitative estimate of drug-likeness (QED) is 0.539. The molecule has 0 aromatic rings. The van der Waals surface area contributed by atoms with Crippen LogP contribution >= 0.6 is 11.8 Å². The molecule has 0 radical (unpaired) electrons. The lowest BCUT2D eigenvalue weighted by molar-refractivity contribution is -0.425. The lowest BCUT2D eigenvalue weighted by Gasteiger charge is -2.00. The van der Waals surface area contributed by atoms with Crippen molar-refractivity contribution < 1.29 is 10.8 Å². The van der Waals surface area contributed by atoms with Crippen LogP contribution in [0.15, 0.2) is 0 Å². The van der Waals surface area contributed by atoms with Crippen LogP contribution in [0.5, 0.6) is 0 Å². The Bertz CT molecular complexity index is 51.7. The second kappa shape index (κ2) is 5.41. The second-order valence-electron chi connectivity index (χ2n) is 1.83. The van der Waals surface area contributed by atoms with Gasteiger partial charge in [0, 0.05) is 6.42 Å². The van der Waals surface area contributed by atoms with Gasteiger partial charge in [0.2, 0.25) is 0 Å². The Morgan fingerprint density at radius 1 is 1.75 bits per heavy atom. The maximum Gasteiger partial charge on any atom is 0.109 e. The number of aliphatic hydroxyl groups is 1. The maximum atomic E-state index is 8.49. The Balaban J connectivity index is 2.86. The third kappa shape index (κ3) is 4.43. The molecule has 1 atom stereocenters. The van der Waals surface area contributed by atoms with E-state index in [-0.39, 0.29) is 12.6 Å². The summed E-state index contributed by atoms with van der Waals surface area (Å²) in [7, 11) is 0. The normalized spacial score (nSPS) is 13.9. The molecule has 0 aliphatic heterocycles. The van der Waals surface area contributed by atoms with E-state index in [2.05, 4.69) is 12.0 Å². The Morgan fingerprint density at radius 2 is 2.38 bits per heavy atom. The Hall–Kier alpha value is 0.270. The Kier molecular flexibility index (Phi) is 5.59. The molecular weight excluding hydrogens is 122 g/mol. The predicted octanol–water partition coefficient (Wildman–Crippen LogP) is -0.658. The molecule has 4 N–H and O–H groups in total. The highest BCUT2D eigenvalue weighted by Crippen LogP contribution is 1.95. The van der Waals surface area contributed by atoms with Crippen LogP contribution in [0, 0.1) is 0 Å². The molecule has 0 aliphatic rings.